The van der Waals surface area contributed by atoms with Gasteiger partial charge < -0.3 is 0 Å². The van der Waals surface area contributed by atoms with Gasteiger partial charge in [0.15, 0.2) is 0 Å². The molecule has 1 aromatic rings. The van der Waals surface area contributed by atoms with Crippen LogP contribution in [0, 0.1) is 6.92 Å². The van der Waals surface area contributed by atoms with E-state index in [1.165, 1.54) is 0 Å². The lowest BCUT2D eigenvalue weighted by Crippen LogP contribution is -2.19. The predicted octanol–water partition coefficient (Wildman–Crippen LogP) is 3.68. The summed E-state index contributed by atoms with van der Waals surface area (Å²) in [6.45, 7) is 6.19. The highest BCUT2D eigenvalue weighted by Gasteiger charge is 2.04. The Hall–Kier alpha value is -1.64. The van der Waals surface area contributed by atoms with Crippen LogP contribution in [0.15, 0.2) is 29.4 Å². The van der Waals surface area contributed by atoms with E-state index < -0.39 is 0 Å². The first-order valence-corrected chi connectivity index (χ1v) is 6.59. The molecule has 0 saturated heterocycles. The zero-order valence-corrected chi connectivity index (χ0v) is 11.5. The van der Waals surface area contributed by atoms with Crippen LogP contribution in [0.2, 0.25) is 0 Å². The fraction of sp³-hybridized carbons (Fsp3) is 0.467. The van der Waals surface area contributed by atoms with Crippen molar-refractivity contribution >= 4 is 11.6 Å². The smallest absolute Gasteiger partial charge is 0.267 e. The van der Waals surface area contributed by atoms with Crippen LogP contribution < -0.4 is 5.43 Å². The van der Waals surface area contributed by atoms with Crippen LogP contribution in [0.4, 0.5) is 0 Å². The lowest BCUT2D eigenvalue weighted by atomic mass is 10.1. The van der Waals surface area contributed by atoms with Crippen LogP contribution in [0.1, 0.15) is 55.5 Å². The summed E-state index contributed by atoms with van der Waals surface area (Å²) in [5.74, 6) is -0.138. The summed E-state index contributed by atoms with van der Waals surface area (Å²) in [4.78, 5) is 11.9. The minimum Gasteiger partial charge on any atom is -0.267 e. The predicted molar refractivity (Wildman–Crippen MR) is 75.9 cm³/mol. The molecule has 0 spiro atoms. The fourth-order valence-corrected chi connectivity index (χ4v) is 1.67. The quantitative estimate of drug-likeness (QED) is 0.603. The molecule has 1 aromatic carbocycles. The van der Waals surface area contributed by atoms with E-state index in [4.69, 9.17) is 0 Å². The number of carbonyl (C=O) groups excluding carboxylic acids is 1. The lowest BCUT2D eigenvalue weighted by molar-refractivity contribution is 0.0954. The Kier molecular flexibility index (Phi) is 6.12. The molecule has 3 heteroatoms. The van der Waals surface area contributed by atoms with Crippen LogP contribution in [0.25, 0.3) is 0 Å². The van der Waals surface area contributed by atoms with Crippen LogP contribution in [0.3, 0.4) is 0 Å². The third-order valence-corrected chi connectivity index (χ3v) is 2.82. The number of rotatable bonds is 6. The average molecular weight is 246 g/mol. The van der Waals surface area contributed by atoms with Crippen molar-refractivity contribution < 1.29 is 4.79 Å². The van der Waals surface area contributed by atoms with Gasteiger partial charge in [-0.25, -0.2) is 5.43 Å². The maximum Gasteiger partial charge on any atom is 0.271 e. The molecule has 0 fully saturated rings. The van der Waals surface area contributed by atoms with E-state index in [-0.39, 0.29) is 5.91 Å². The Morgan fingerprint density at radius 3 is 2.72 bits per heavy atom. The van der Waals surface area contributed by atoms with Crippen molar-refractivity contribution in [2.75, 3.05) is 0 Å². The van der Waals surface area contributed by atoms with E-state index in [9.17, 15) is 4.79 Å². The van der Waals surface area contributed by atoms with Gasteiger partial charge in [-0.2, -0.15) is 5.10 Å². The number of carbonyl (C=O) groups is 1. The number of nitrogens with one attached hydrogen (secondary N) is 1. The average Bonchev–Trinajstić information content (AvgIpc) is 2.38. The molecule has 0 aliphatic carbocycles. The van der Waals surface area contributed by atoms with Crippen molar-refractivity contribution in [1.29, 1.82) is 0 Å². The number of hydrazone groups is 1. The summed E-state index contributed by atoms with van der Waals surface area (Å²) in [5.41, 5.74) is 5.42. The molecule has 1 amide bonds. The maximum absolute atomic E-state index is 11.9. The van der Waals surface area contributed by atoms with Crippen molar-refractivity contribution in [3.8, 4) is 0 Å². The van der Waals surface area contributed by atoms with E-state index in [1.54, 1.807) is 6.07 Å². The van der Waals surface area contributed by atoms with Crippen molar-refractivity contribution in [1.82, 2.24) is 5.43 Å². The van der Waals surface area contributed by atoms with Crippen LogP contribution in [-0.2, 0) is 0 Å². The Morgan fingerprint density at radius 1 is 1.33 bits per heavy atom. The molecule has 0 atom stereocenters. The molecule has 0 saturated carbocycles. The van der Waals surface area contributed by atoms with Gasteiger partial charge in [0.2, 0.25) is 0 Å². The molecular formula is C15H22N2O. The highest BCUT2D eigenvalue weighted by Crippen LogP contribution is 2.04. The van der Waals surface area contributed by atoms with Gasteiger partial charge in [0.05, 0.1) is 0 Å². The first-order chi connectivity index (χ1) is 8.67. The molecule has 1 N–H and O–H groups in total. The monoisotopic (exact) mass is 246 g/mol. The number of hydrogen-bond donors (Lipinski definition) is 1. The fourth-order valence-electron chi connectivity index (χ4n) is 1.67. The molecule has 1 rings (SSSR count). The zero-order valence-electron chi connectivity index (χ0n) is 11.5. The summed E-state index contributed by atoms with van der Waals surface area (Å²) in [7, 11) is 0. The molecule has 0 radical (unpaired) electrons. The van der Waals surface area contributed by atoms with Crippen LogP contribution in [-0.4, -0.2) is 11.6 Å². The number of aryl methyl sites for hydroxylation is 1. The van der Waals surface area contributed by atoms with Gasteiger partial charge in [-0.3, -0.25) is 4.79 Å². The standard InChI is InChI=1S/C15H22N2O/c1-4-6-10-14(5-2)16-17-15(18)13-9-7-8-12(3)11-13/h7-9,11H,4-6,10H2,1-3H3,(H,17,18)/b16-14+. The van der Waals surface area contributed by atoms with E-state index in [2.05, 4.69) is 24.4 Å². The highest BCUT2D eigenvalue weighted by atomic mass is 16.2. The van der Waals surface area contributed by atoms with Gasteiger partial charge in [-0.15, -0.1) is 0 Å². The number of hydrogen-bond acceptors (Lipinski definition) is 2. The molecule has 0 aliphatic heterocycles. The van der Waals surface area contributed by atoms with Gasteiger partial charge in [-0.1, -0.05) is 38.0 Å². The molecule has 18 heavy (non-hydrogen) atoms. The van der Waals surface area contributed by atoms with Gasteiger partial charge in [0.1, 0.15) is 0 Å². The Balaban J connectivity index is 2.61. The number of nitrogens with zero attached hydrogens (tertiary/aromatic N) is 1. The Labute approximate surface area is 109 Å². The van der Waals surface area contributed by atoms with Gasteiger partial charge in [-0.05, 0) is 38.3 Å². The molecule has 0 bridgehead atoms. The first-order valence-electron chi connectivity index (χ1n) is 6.59. The van der Waals surface area contributed by atoms with E-state index >= 15 is 0 Å². The molecule has 0 aliphatic rings. The maximum atomic E-state index is 11.9. The molecule has 98 valence electrons. The Bertz CT molecular complexity index is 424. The third-order valence-electron chi connectivity index (χ3n) is 2.82. The topological polar surface area (TPSA) is 41.5 Å². The summed E-state index contributed by atoms with van der Waals surface area (Å²) >= 11 is 0. The molecule has 0 unspecified atom stereocenters. The van der Waals surface area contributed by atoms with Crippen molar-refractivity contribution in [2.45, 2.75) is 46.5 Å². The van der Waals surface area contributed by atoms with Crippen molar-refractivity contribution in [3.05, 3.63) is 35.4 Å². The molecule has 0 aromatic heterocycles. The zero-order chi connectivity index (χ0) is 13.4. The summed E-state index contributed by atoms with van der Waals surface area (Å²) < 4.78 is 0. The third kappa shape index (κ3) is 4.70. The van der Waals surface area contributed by atoms with E-state index in [0.29, 0.717) is 5.56 Å². The summed E-state index contributed by atoms with van der Waals surface area (Å²) in [5, 5.41) is 4.20. The summed E-state index contributed by atoms with van der Waals surface area (Å²) in [6, 6.07) is 7.52. The molecule has 0 heterocycles. The normalized spacial score (nSPS) is 11.4. The highest BCUT2D eigenvalue weighted by molar-refractivity contribution is 5.95. The van der Waals surface area contributed by atoms with E-state index in [1.807, 2.05) is 25.1 Å². The SMILES string of the molecule is CCCC/C(CC)=N/NC(=O)c1cccc(C)c1. The summed E-state index contributed by atoms with van der Waals surface area (Å²) in [6.07, 6.45) is 4.10. The minimum atomic E-state index is -0.138. The van der Waals surface area contributed by atoms with Gasteiger partial charge in [0, 0.05) is 11.3 Å². The number of unbranched alkanes of at least 4 members (excludes halogenated alkanes) is 1. The number of amides is 1. The number of benzene rings is 1. The second kappa shape index (κ2) is 7.64. The Morgan fingerprint density at radius 2 is 2.11 bits per heavy atom. The first kappa shape index (κ1) is 14.4. The van der Waals surface area contributed by atoms with Crippen LogP contribution >= 0.6 is 0 Å². The van der Waals surface area contributed by atoms with Crippen molar-refractivity contribution in [2.24, 2.45) is 5.10 Å². The van der Waals surface area contributed by atoms with Gasteiger partial charge in [0.25, 0.3) is 5.91 Å². The van der Waals surface area contributed by atoms with Crippen LogP contribution in [0.5, 0.6) is 0 Å². The molecular weight excluding hydrogens is 224 g/mol. The molecule has 3 nitrogen and oxygen atoms in total. The second-order valence-corrected chi connectivity index (χ2v) is 4.45. The van der Waals surface area contributed by atoms with E-state index in [0.717, 1.165) is 37.0 Å². The second-order valence-electron chi connectivity index (χ2n) is 4.45. The minimum absolute atomic E-state index is 0.138. The lowest BCUT2D eigenvalue weighted by Gasteiger charge is -2.05. The largest absolute Gasteiger partial charge is 0.271 e. The van der Waals surface area contributed by atoms with Gasteiger partial charge >= 0.3 is 0 Å². The van der Waals surface area contributed by atoms with Crippen molar-refractivity contribution in [3.63, 3.8) is 0 Å².